The number of nitro benzene ring substituents is 1. The molecular weight excluding hydrogens is 314 g/mol. The predicted octanol–water partition coefficient (Wildman–Crippen LogP) is 4.10. The van der Waals surface area contributed by atoms with E-state index >= 15 is 0 Å². The Morgan fingerprint density at radius 3 is 2.16 bits per heavy atom. The minimum absolute atomic E-state index is 0.144. The summed E-state index contributed by atoms with van der Waals surface area (Å²) in [5, 5.41) is 10.8. The number of piperazine rings is 1. The lowest BCUT2D eigenvalue weighted by Gasteiger charge is -2.39. The third-order valence-corrected chi connectivity index (χ3v) is 4.93. The molecule has 0 spiro atoms. The molecule has 3 rings (SSSR count). The minimum Gasteiger partial charge on any atom is -0.368 e. The monoisotopic (exact) mass is 339 g/mol. The van der Waals surface area contributed by atoms with Crippen molar-refractivity contribution in [2.45, 2.75) is 27.2 Å². The number of aryl methyl sites for hydroxylation is 3. The van der Waals surface area contributed by atoms with Gasteiger partial charge >= 0.3 is 0 Å². The highest BCUT2D eigenvalue weighted by molar-refractivity contribution is 5.62. The van der Waals surface area contributed by atoms with E-state index in [4.69, 9.17) is 0 Å². The maximum atomic E-state index is 10.8. The van der Waals surface area contributed by atoms with Crippen LogP contribution in [-0.4, -0.2) is 31.1 Å². The molecule has 1 saturated heterocycles. The first kappa shape index (κ1) is 17.3. The fraction of sp³-hybridized carbons (Fsp3) is 0.400. The summed E-state index contributed by atoms with van der Waals surface area (Å²) < 4.78 is 0. The van der Waals surface area contributed by atoms with Gasteiger partial charge < -0.3 is 9.80 Å². The van der Waals surface area contributed by atoms with Gasteiger partial charge in [-0.05, 0) is 43.5 Å². The quantitative estimate of drug-likeness (QED) is 0.621. The molecule has 1 aliphatic heterocycles. The molecular formula is C20H25N3O2. The van der Waals surface area contributed by atoms with Crippen molar-refractivity contribution in [2.24, 2.45) is 0 Å². The largest absolute Gasteiger partial charge is 0.368 e. The number of hydrogen-bond donors (Lipinski definition) is 0. The molecule has 25 heavy (non-hydrogen) atoms. The summed E-state index contributed by atoms with van der Waals surface area (Å²) in [4.78, 5) is 15.2. The Hall–Kier alpha value is -2.56. The van der Waals surface area contributed by atoms with Crippen molar-refractivity contribution in [3.8, 4) is 0 Å². The number of nitrogens with zero attached hydrogens (tertiary/aromatic N) is 3. The highest BCUT2D eigenvalue weighted by Crippen LogP contribution is 2.29. The molecule has 0 atom stereocenters. The highest BCUT2D eigenvalue weighted by Gasteiger charge is 2.21. The molecule has 0 unspecified atom stereocenters. The molecule has 1 heterocycles. The second-order valence-electron chi connectivity index (χ2n) is 6.69. The Morgan fingerprint density at radius 2 is 1.60 bits per heavy atom. The third kappa shape index (κ3) is 3.60. The van der Waals surface area contributed by atoms with Gasteiger partial charge in [0.1, 0.15) is 0 Å². The van der Waals surface area contributed by atoms with Crippen molar-refractivity contribution in [3.05, 3.63) is 63.2 Å². The molecule has 1 fully saturated rings. The number of nitro groups is 1. The predicted molar refractivity (Wildman–Crippen MR) is 103 cm³/mol. The summed E-state index contributed by atoms with van der Waals surface area (Å²) in [6.07, 6.45) is 1.04. The SMILES string of the molecule is CCc1cc(C)cc(C)c1N1CCN(c2ccc([N+](=O)[O-])cc2)CC1. The van der Waals surface area contributed by atoms with E-state index < -0.39 is 0 Å². The van der Waals surface area contributed by atoms with Crippen LogP contribution in [0.15, 0.2) is 36.4 Å². The van der Waals surface area contributed by atoms with Crippen LogP contribution >= 0.6 is 0 Å². The molecule has 0 N–H and O–H groups in total. The lowest BCUT2D eigenvalue weighted by Crippen LogP contribution is -2.47. The maximum Gasteiger partial charge on any atom is 0.269 e. The lowest BCUT2D eigenvalue weighted by molar-refractivity contribution is -0.384. The topological polar surface area (TPSA) is 49.6 Å². The zero-order valence-electron chi connectivity index (χ0n) is 15.2. The Morgan fingerprint density at radius 1 is 1.00 bits per heavy atom. The van der Waals surface area contributed by atoms with Gasteiger partial charge in [-0.25, -0.2) is 0 Å². The molecule has 0 bridgehead atoms. The van der Waals surface area contributed by atoms with Gasteiger partial charge in [0.2, 0.25) is 0 Å². The first-order valence-electron chi connectivity index (χ1n) is 8.84. The Bertz CT molecular complexity index is 763. The van der Waals surface area contributed by atoms with Crippen LogP contribution in [0, 0.1) is 24.0 Å². The van der Waals surface area contributed by atoms with E-state index in [1.807, 2.05) is 12.1 Å². The lowest BCUT2D eigenvalue weighted by atomic mass is 10.0. The second kappa shape index (κ2) is 7.13. The number of rotatable bonds is 4. The zero-order valence-corrected chi connectivity index (χ0v) is 15.2. The molecule has 0 amide bonds. The van der Waals surface area contributed by atoms with Crippen LogP contribution in [0.25, 0.3) is 0 Å². The smallest absolute Gasteiger partial charge is 0.269 e. The van der Waals surface area contributed by atoms with Gasteiger partial charge in [-0.2, -0.15) is 0 Å². The average molecular weight is 339 g/mol. The molecule has 0 aliphatic carbocycles. The Balaban J connectivity index is 1.73. The summed E-state index contributed by atoms with van der Waals surface area (Å²) in [6.45, 7) is 10.3. The van der Waals surface area contributed by atoms with Gasteiger partial charge in [0.05, 0.1) is 4.92 Å². The Labute approximate surface area is 149 Å². The minimum atomic E-state index is -0.353. The Kier molecular flexibility index (Phi) is 4.93. The summed E-state index contributed by atoms with van der Waals surface area (Å²) >= 11 is 0. The molecule has 0 radical (unpaired) electrons. The maximum absolute atomic E-state index is 10.8. The number of non-ortho nitro benzene ring substituents is 1. The van der Waals surface area contributed by atoms with E-state index in [1.54, 1.807) is 12.1 Å². The third-order valence-electron chi connectivity index (χ3n) is 4.93. The van der Waals surface area contributed by atoms with Crippen molar-refractivity contribution in [1.82, 2.24) is 0 Å². The molecule has 0 saturated carbocycles. The van der Waals surface area contributed by atoms with Crippen molar-refractivity contribution in [1.29, 1.82) is 0 Å². The van der Waals surface area contributed by atoms with E-state index in [1.165, 1.54) is 22.4 Å². The van der Waals surface area contributed by atoms with Gasteiger partial charge in [0.25, 0.3) is 5.69 Å². The van der Waals surface area contributed by atoms with Gasteiger partial charge in [-0.1, -0.05) is 24.6 Å². The number of benzene rings is 2. The van der Waals surface area contributed by atoms with Crippen LogP contribution in [-0.2, 0) is 6.42 Å². The van der Waals surface area contributed by atoms with E-state index in [0.29, 0.717) is 0 Å². The van der Waals surface area contributed by atoms with E-state index in [2.05, 4.69) is 42.7 Å². The van der Waals surface area contributed by atoms with Crippen LogP contribution in [0.1, 0.15) is 23.6 Å². The normalized spacial score (nSPS) is 14.7. The fourth-order valence-electron chi connectivity index (χ4n) is 3.74. The summed E-state index contributed by atoms with van der Waals surface area (Å²) in [6, 6.07) is 11.4. The van der Waals surface area contributed by atoms with Crippen molar-refractivity contribution >= 4 is 17.1 Å². The van der Waals surface area contributed by atoms with Gasteiger partial charge in [-0.3, -0.25) is 10.1 Å². The van der Waals surface area contributed by atoms with Crippen molar-refractivity contribution in [3.63, 3.8) is 0 Å². The molecule has 132 valence electrons. The molecule has 1 aliphatic rings. The van der Waals surface area contributed by atoms with Crippen LogP contribution < -0.4 is 9.80 Å². The fourth-order valence-corrected chi connectivity index (χ4v) is 3.74. The number of anilines is 2. The second-order valence-corrected chi connectivity index (χ2v) is 6.69. The van der Waals surface area contributed by atoms with Crippen molar-refractivity contribution in [2.75, 3.05) is 36.0 Å². The van der Waals surface area contributed by atoms with E-state index in [9.17, 15) is 10.1 Å². The molecule has 0 aromatic heterocycles. The summed E-state index contributed by atoms with van der Waals surface area (Å²) in [7, 11) is 0. The van der Waals surface area contributed by atoms with Crippen LogP contribution in [0.2, 0.25) is 0 Å². The van der Waals surface area contributed by atoms with Crippen molar-refractivity contribution < 1.29 is 4.92 Å². The standard InChI is InChI=1S/C20H25N3O2/c1-4-17-14-15(2)13-16(3)20(17)22-11-9-21(10-12-22)18-5-7-19(8-6-18)23(24)25/h5-8,13-14H,4,9-12H2,1-3H3. The molecule has 2 aromatic carbocycles. The van der Waals surface area contributed by atoms with E-state index in [-0.39, 0.29) is 10.6 Å². The van der Waals surface area contributed by atoms with Crippen LogP contribution in [0.5, 0.6) is 0 Å². The molecule has 2 aromatic rings. The number of hydrogen-bond acceptors (Lipinski definition) is 4. The summed E-state index contributed by atoms with van der Waals surface area (Å²) in [5.74, 6) is 0. The first-order chi connectivity index (χ1) is 12.0. The van der Waals surface area contributed by atoms with Crippen LogP contribution in [0.4, 0.5) is 17.1 Å². The summed E-state index contributed by atoms with van der Waals surface area (Å²) in [5.41, 5.74) is 6.67. The van der Waals surface area contributed by atoms with Gasteiger partial charge in [-0.15, -0.1) is 0 Å². The van der Waals surface area contributed by atoms with E-state index in [0.717, 1.165) is 38.3 Å². The zero-order chi connectivity index (χ0) is 18.0. The molecule has 5 nitrogen and oxygen atoms in total. The molecule has 5 heteroatoms. The van der Waals surface area contributed by atoms with Gasteiger partial charge in [0, 0.05) is 49.7 Å². The highest BCUT2D eigenvalue weighted by atomic mass is 16.6. The average Bonchev–Trinajstić information content (AvgIpc) is 2.61. The van der Waals surface area contributed by atoms with Gasteiger partial charge in [0.15, 0.2) is 0 Å². The van der Waals surface area contributed by atoms with Crippen LogP contribution in [0.3, 0.4) is 0 Å². The first-order valence-corrected chi connectivity index (χ1v) is 8.84.